The van der Waals surface area contributed by atoms with Crippen LogP contribution in [-0.2, 0) is 4.79 Å². The number of nitro groups is 1. The molecule has 0 atom stereocenters. The van der Waals surface area contributed by atoms with Crippen molar-refractivity contribution < 1.29 is 19.2 Å². The highest BCUT2D eigenvalue weighted by Gasteiger charge is 2.09. The Morgan fingerprint density at radius 1 is 1.06 bits per heavy atom. The fourth-order valence-electron chi connectivity index (χ4n) is 2.85. The van der Waals surface area contributed by atoms with Crippen LogP contribution in [0, 0.1) is 24.0 Å². The number of nitrogens with zero attached hydrogens (tertiary/aromatic N) is 2. The summed E-state index contributed by atoms with van der Waals surface area (Å²) >= 11 is 0. The molecule has 33 heavy (non-hydrogen) atoms. The second-order valence-corrected chi connectivity index (χ2v) is 7.23. The van der Waals surface area contributed by atoms with E-state index in [1.54, 1.807) is 24.3 Å². The molecule has 2 N–H and O–H groups in total. The lowest BCUT2D eigenvalue weighted by molar-refractivity contribution is -0.384. The number of benzene rings is 3. The molecule has 9 nitrogen and oxygen atoms in total. The largest absolute Gasteiger partial charge is 0.484 e. The Labute approximate surface area is 190 Å². The minimum Gasteiger partial charge on any atom is -0.484 e. The van der Waals surface area contributed by atoms with E-state index < -0.39 is 10.8 Å². The maximum absolute atomic E-state index is 12.2. The Morgan fingerprint density at radius 2 is 1.82 bits per heavy atom. The van der Waals surface area contributed by atoms with Crippen molar-refractivity contribution in [3.63, 3.8) is 0 Å². The molecule has 9 heteroatoms. The first kappa shape index (κ1) is 23.1. The molecular formula is C24H22N4O5. The van der Waals surface area contributed by atoms with E-state index in [2.05, 4.69) is 15.8 Å². The highest BCUT2D eigenvalue weighted by molar-refractivity contribution is 5.95. The van der Waals surface area contributed by atoms with Crippen molar-refractivity contribution in [2.45, 2.75) is 13.8 Å². The quantitative estimate of drug-likeness (QED) is 0.308. The fourth-order valence-corrected chi connectivity index (χ4v) is 2.85. The molecule has 0 aliphatic rings. The van der Waals surface area contributed by atoms with Gasteiger partial charge in [0, 0.05) is 23.4 Å². The number of non-ortho nitro benzene ring substituents is 1. The number of hydrogen-bond acceptors (Lipinski definition) is 6. The van der Waals surface area contributed by atoms with E-state index in [-0.39, 0.29) is 23.8 Å². The number of rotatable bonds is 8. The van der Waals surface area contributed by atoms with Gasteiger partial charge in [0.05, 0.1) is 11.1 Å². The molecule has 0 saturated carbocycles. The zero-order valence-electron chi connectivity index (χ0n) is 18.1. The lowest BCUT2D eigenvalue weighted by Gasteiger charge is -2.10. The number of aryl methyl sites for hydroxylation is 2. The molecule has 168 valence electrons. The molecule has 3 aromatic rings. The van der Waals surface area contributed by atoms with Gasteiger partial charge < -0.3 is 10.1 Å². The normalized spacial score (nSPS) is 10.6. The molecule has 0 radical (unpaired) electrons. The van der Waals surface area contributed by atoms with Gasteiger partial charge in [-0.1, -0.05) is 24.3 Å². The Balaban J connectivity index is 1.53. The molecular weight excluding hydrogens is 424 g/mol. The molecule has 0 aliphatic heterocycles. The van der Waals surface area contributed by atoms with Gasteiger partial charge in [0.25, 0.3) is 17.5 Å². The molecule has 0 aromatic heterocycles. The smallest absolute Gasteiger partial charge is 0.271 e. The summed E-state index contributed by atoms with van der Waals surface area (Å²) in [4.78, 5) is 34.5. The number of ether oxygens (including phenoxy) is 1. The van der Waals surface area contributed by atoms with Crippen LogP contribution in [0.3, 0.4) is 0 Å². The van der Waals surface area contributed by atoms with E-state index in [4.69, 9.17) is 4.74 Å². The number of carbonyl (C=O) groups is 2. The van der Waals surface area contributed by atoms with Gasteiger partial charge in [-0.15, -0.1) is 0 Å². The number of amides is 2. The molecule has 0 unspecified atom stereocenters. The summed E-state index contributed by atoms with van der Waals surface area (Å²) in [5, 5.41) is 17.4. The van der Waals surface area contributed by atoms with Crippen LogP contribution < -0.4 is 15.5 Å². The van der Waals surface area contributed by atoms with Gasteiger partial charge in [0.2, 0.25) is 0 Å². The summed E-state index contributed by atoms with van der Waals surface area (Å²) in [5.74, 6) is -0.313. The first-order chi connectivity index (χ1) is 15.8. The summed E-state index contributed by atoms with van der Waals surface area (Å²) in [7, 11) is 0. The monoisotopic (exact) mass is 446 g/mol. The van der Waals surface area contributed by atoms with Crippen LogP contribution >= 0.6 is 0 Å². The maximum atomic E-state index is 12.2. The van der Waals surface area contributed by atoms with Gasteiger partial charge in [0.1, 0.15) is 5.75 Å². The Bertz CT molecular complexity index is 1210. The van der Waals surface area contributed by atoms with Crippen molar-refractivity contribution >= 4 is 29.4 Å². The van der Waals surface area contributed by atoms with Crippen LogP contribution in [0.1, 0.15) is 27.0 Å². The Kier molecular flexibility index (Phi) is 7.48. The van der Waals surface area contributed by atoms with Crippen molar-refractivity contribution in [3.05, 3.63) is 99.1 Å². The predicted molar refractivity (Wildman–Crippen MR) is 125 cm³/mol. The minimum atomic E-state index is -0.540. The number of anilines is 1. The fraction of sp³-hybridized carbons (Fsp3) is 0.125. The van der Waals surface area contributed by atoms with Gasteiger partial charge in [-0.3, -0.25) is 19.7 Å². The van der Waals surface area contributed by atoms with Gasteiger partial charge in [-0.05, 0) is 60.9 Å². The number of nitro benzene ring substituents is 1. The molecule has 3 rings (SSSR count). The lowest BCUT2D eigenvalue weighted by atomic mass is 10.1. The zero-order chi connectivity index (χ0) is 23.8. The summed E-state index contributed by atoms with van der Waals surface area (Å²) in [6.45, 7) is 3.71. The van der Waals surface area contributed by atoms with E-state index in [1.807, 2.05) is 32.0 Å². The second kappa shape index (κ2) is 10.7. The molecule has 0 fully saturated rings. The van der Waals surface area contributed by atoms with Gasteiger partial charge in [-0.25, -0.2) is 5.43 Å². The molecule has 0 spiro atoms. The number of hydrazone groups is 1. The van der Waals surface area contributed by atoms with E-state index in [1.165, 1.54) is 30.5 Å². The summed E-state index contributed by atoms with van der Waals surface area (Å²) in [6.07, 6.45) is 1.42. The van der Waals surface area contributed by atoms with E-state index in [0.717, 1.165) is 16.8 Å². The third-order valence-corrected chi connectivity index (χ3v) is 4.62. The van der Waals surface area contributed by atoms with Crippen LogP contribution in [0.5, 0.6) is 5.75 Å². The van der Waals surface area contributed by atoms with Crippen molar-refractivity contribution in [3.8, 4) is 5.75 Å². The van der Waals surface area contributed by atoms with E-state index >= 15 is 0 Å². The third kappa shape index (κ3) is 6.73. The average Bonchev–Trinajstić information content (AvgIpc) is 2.80. The van der Waals surface area contributed by atoms with Crippen LogP contribution in [0.4, 0.5) is 11.4 Å². The molecule has 0 aliphatic carbocycles. The SMILES string of the molecule is Cc1ccc(C)c(NC(=O)COc2cccc(/C=N/NC(=O)c3ccc([N+](=O)[O-])cc3)c2)c1. The molecule has 0 saturated heterocycles. The lowest BCUT2D eigenvalue weighted by Crippen LogP contribution is -2.20. The Hall–Kier alpha value is -4.53. The molecule has 0 bridgehead atoms. The zero-order valence-corrected chi connectivity index (χ0v) is 18.1. The van der Waals surface area contributed by atoms with Crippen molar-refractivity contribution in [1.82, 2.24) is 5.43 Å². The van der Waals surface area contributed by atoms with Gasteiger partial charge in [-0.2, -0.15) is 5.10 Å². The first-order valence-corrected chi connectivity index (χ1v) is 9.99. The summed E-state index contributed by atoms with van der Waals surface area (Å²) in [6, 6.07) is 17.9. The van der Waals surface area contributed by atoms with Crippen LogP contribution in [0.15, 0.2) is 71.8 Å². The molecule has 0 heterocycles. The third-order valence-electron chi connectivity index (χ3n) is 4.62. The van der Waals surface area contributed by atoms with Crippen molar-refractivity contribution in [2.24, 2.45) is 5.10 Å². The van der Waals surface area contributed by atoms with Crippen molar-refractivity contribution in [1.29, 1.82) is 0 Å². The first-order valence-electron chi connectivity index (χ1n) is 9.99. The van der Waals surface area contributed by atoms with Gasteiger partial charge >= 0.3 is 0 Å². The number of nitrogens with one attached hydrogen (secondary N) is 2. The number of carbonyl (C=O) groups excluding carboxylic acids is 2. The van der Waals surface area contributed by atoms with Crippen LogP contribution in [-0.4, -0.2) is 29.6 Å². The van der Waals surface area contributed by atoms with E-state index in [0.29, 0.717) is 11.3 Å². The Morgan fingerprint density at radius 3 is 2.55 bits per heavy atom. The predicted octanol–water partition coefficient (Wildman–Crippen LogP) is 3.99. The summed E-state index contributed by atoms with van der Waals surface area (Å²) < 4.78 is 5.56. The highest BCUT2D eigenvalue weighted by Crippen LogP contribution is 2.17. The highest BCUT2D eigenvalue weighted by atomic mass is 16.6. The van der Waals surface area contributed by atoms with Crippen molar-refractivity contribution in [2.75, 3.05) is 11.9 Å². The topological polar surface area (TPSA) is 123 Å². The summed E-state index contributed by atoms with van der Waals surface area (Å²) in [5.41, 5.74) is 5.89. The molecule has 2 amide bonds. The standard InChI is InChI=1S/C24H22N4O5/c1-16-6-7-17(2)22(12-16)26-23(29)15-33-21-5-3-4-18(13-21)14-25-27-24(30)19-8-10-20(11-9-19)28(31)32/h3-14H,15H2,1-2H3,(H,26,29)(H,27,30)/b25-14+. The van der Waals surface area contributed by atoms with Gasteiger partial charge in [0.15, 0.2) is 6.61 Å². The molecule has 3 aromatic carbocycles. The second-order valence-electron chi connectivity index (χ2n) is 7.23. The average molecular weight is 446 g/mol. The minimum absolute atomic E-state index is 0.102. The van der Waals surface area contributed by atoms with Crippen LogP contribution in [0.25, 0.3) is 0 Å². The maximum Gasteiger partial charge on any atom is 0.271 e. The van der Waals surface area contributed by atoms with E-state index in [9.17, 15) is 19.7 Å². The van der Waals surface area contributed by atoms with Crippen LogP contribution in [0.2, 0.25) is 0 Å². The number of hydrogen-bond donors (Lipinski definition) is 2.